The summed E-state index contributed by atoms with van der Waals surface area (Å²) < 4.78 is 33.9. The third kappa shape index (κ3) is 4.44. The molecule has 0 radical (unpaired) electrons. The van der Waals surface area contributed by atoms with Crippen molar-refractivity contribution in [1.29, 1.82) is 0 Å². The number of rotatable bonds is 7. The van der Waals surface area contributed by atoms with Gasteiger partial charge in [-0.15, -0.1) is 11.8 Å². The summed E-state index contributed by atoms with van der Waals surface area (Å²) in [6.45, 7) is 3.60. The van der Waals surface area contributed by atoms with Gasteiger partial charge in [0.2, 0.25) is 0 Å². The smallest absolute Gasteiger partial charge is 0.326 e. The number of aryl methyl sites for hydroxylation is 1. The summed E-state index contributed by atoms with van der Waals surface area (Å²) in [5.74, 6) is -1.47. The van der Waals surface area contributed by atoms with Crippen molar-refractivity contribution in [3.63, 3.8) is 0 Å². The first-order valence-electron chi connectivity index (χ1n) is 9.06. The summed E-state index contributed by atoms with van der Waals surface area (Å²) in [5.41, 5.74) is -0.178. The molecule has 3 rings (SSSR count). The van der Waals surface area contributed by atoms with E-state index in [1.807, 2.05) is 0 Å². The third-order valence-corrected chi connectivity index (χ3v) is 6.01. The number of aromatic amines is 2. The zero-order valence-electron chi connectivity index (χ0n) is 16.1. The van der Waals surface area contributed by atoms with Gasteiger partial charge in [-0.05, 0) is 31.5 Å². The fourth-order valence-corrected chi connectivity index (χ4v) is 4.60. The molecule has 3 N–H and O–H groups in total. The van der Waals surface area contributed by atoms with Crippen LogP contribution in [0.2, 0.25) is 5.02 Å². The average molecular weight is 457 g/mol. The lowest BCUT2D eigenvalue weighted by Crippen LogP contribution is -2.23. The number of aliphatic hydroxyl groups is 1. The molecule has 0 spiro atoms. The van der Waals surface area contributed by atoms with Crippen molar-refractivity contribution in [2.24, 2.45) is 0 Å². The zero-order valence-corrected chi connectivity index (χ0v) is 17.7. The van der Waals surface area contributed by atoms with E-state index in [2.05, 4.69) is 9.97 Å². The van der Waals surface area contributed by atoms with Gasteiger partial charge in [-0.25, -0.2) is 13.6 Å². The molecule has 1 aromatic heterocycles. The molecule has 0 fully saturated rings. The summed E-state index contributed by atoms with van der Waals surface area (Å²) in [5, 5.41) is 9.47. The Labute approximate surface area is 179 Å². The van der Waals surface area contributed by atoms with Crippen LogP contribution in [0.3, 0.4) is 0 Å². The molecule has 3 aromatic rings. The maximum absolute atomic E-state index is 14.7. The molecule has 0 amide bonds. The number of hydrogen-bond acceptors (Lipinski definition) is 5. The molecule has 6 nitrogen and oxygen atoms in total. The second-order valence-corrected chi connectivity index (χ2v) is 7.98. The molecule has 0 saturated heterocycles. The number of H-pyrrole nitrogens is 2. The molecule has 2 aromatic carbocycles. The lowest BCUT2D eigenvalue weighted by Gasteiger charge is -2.19. The van der Waals surface area contributed by atoms with Crippen LogP contribution in [0.4, 0.5) is 8.78 Å². The minimum atomic E-state index is -0.896. The quantitative estimate of drug-likeness (QED) is 0.373. The van der Waals surface area contributed by atoms with Gasteiger partial charge in [-0.1, -0.05) is 11.6 Å². The molecule has 0 saturated carbocycles. The Kier molecular flexibility index (Phi) is 6.97. The molecule has 1 atom stereocenters. The van der Waals surface area contributed by atoms with Gasteiger partial charge in [0.15, 0.2) is 0 Å². The van der Waals surface area contributed by atoms with Crippen molar-refractivity contribution < 1.29 is 18.6 Å². The van der Waals surface area contributed by atoms with Gasteiger partial charge >= 0.3 is 5.69 Å². The number of benzene rings is 2. The third-order valence-electron chi connectivity index (χ3n) is 4.49. The van der Waals surface area contributed by atoms with Crippen LogP contribution in [0.1, 0.15) is 12.5 Å². The minimum absolute atomic E-state index is 0.0291. The van der Waals surface area contributed by atoms with Crippen molar-refractivity contribution in [3.8, 4) is 11.1 Å². The van der Waals surface area contributed by atoms with Crippen LogP contribution < -0.4 is 11.2 Å². The van der Waals surface area contributed by atoms with Crippen LogP contribution in [0.25, 0.3) is 22.0 Å². The van der Waals surface area contributed by atoms with Gasteiger partial charge in [0, 0.05) is 34.4 Å². The highest BCUT2D eigenvalue weighted by atomic mass is 35.5. The van der Waals surface area contributed by atoms with Gasteiger partial charge in [-0.3, -0.25) is 9.78 Å². The highest BCUT2D eigenvalue weighted by Crippen LogP contribution is 2.41. The summed E-state index contributed by atoms with van der Waals surface area (Å²) in [6, 6.07) is 3.38. The fraction of sp³-hybridized carbons (Fsp3) is 0.300. The Hall–Kier alpha value is -2.20. The Bertz CT molecular complexity index is 1210. The first-order chi connectivity index (χ1) is 14.3. The number of hydrogen-bond donors (Lipinski definition) is 3. The predicted octanol–water partition coefficient (Wildman–Crippen LogP) is 3.61. The van der Waals surface area contributed by atoms with E-state index in [1.54, 1.807) is 13.8 Å². The molecular weight excluding hydrogens is 438 g/mol. The standard InChI is InChI=1S/C20H19ClF2N2O4S/c1-3-29-10(7-26)8-30-18-16(11-5-13(21)15(23)6-14(11)22)9(2)4-12-17(18)24-20(28)25-19(12)27/h4-6,10,26H,3,7-8H2,1-2H3,(H2,24,25,27,28)/t10-/m0/s1. The molecule has 0 aliphatic heterocycles. The van der Waals surface area contributed by atoms with Crippen LogP contribution in [0, 0.1) is 18.6 Å². The van der Waals surface area contributed by atoms with E-state index in [-0.39, 0.29) is 33.8 Å². The highest BCUT2D eigenvalue weighted by molar-refractivity contribution is 7.99. The second kappa shape index (κ2) is 9.30. The number of aliphatic hydroxyl groups excluding tert-OH is 1. The van der Waals surface area contributed by atoms with Crippen LogP contribution in [-0.4, -0.2) is 40.1 Å². The molecule has 1 heterocycles. The van der Waals surface area contributed by atoms with E-state index < -0.39 is 29.0 Å². The predicted molar refractivity (Wildman–Crippen MR) is 114 cm³/mol. The van der Waals surface area contributed by atoms with E-state index in [9.17, 15) is 23.5 Å². The summed E-state index contributed by atoms with van der Waals surface area (Å²) >= 11 is 7.07. The normalized spacial score (nSPS) is 12.5. The highest BCUT2D eigenvalue weighted by Gasteiger charge is 2.21. The molecule has 0 unspecified atom stereocenters. The number of ether oxygens (including phenoxy) is 1. The SMILES string of the molecule is CCO[C@@H](CO)CSc1c(-c2cc(Cl)c(F)cc2F)c(C)cc2c(=O)[nH]c(=O)[nH]c12. The van der Waals surface area contributed by atoms with Crippen LogP contribution in [0.15, 0.2) is 32.7 Å². The Morgan fingerprint density at radius 3 is 2.60 bits per heavy atom. The Morgan fingerprint density at radius 1 is 1.20 bits per heavy atom. The van der Waals surface area contributed by atoms with Crippen molar-refractivity contribution in [3.05, 3.63) is 61.3 Å². The van der Waals surface area contributed by atoms with Crippen molar-refractivity contribution in [1.82, 2.24) is 9.97 Å². The monoisotopic (exact) mass is 456 g/mol. The van der Waals surface area contributed by atoms with Crippen molar-refractivity contribution >= 4 is 34.3 Å². The lowest BCUT2D eigenvalue weighted by molar-refractivity contribution is 0.0356. The summed E-state index contributed by atoms with van der Waals surface area (Å²) in [6.07, 6.45) is -0.515. The molecular formula is C20H19ClF2N2O4S. The first kappa shape index (κ1) is 22.5. The van der Waals surface area contributed by atoms with Crippen molar-refractivity contribution in [2.75, 3.05) is 19.0 Å². The maximum atomic E-state index is 14.7. The van der Waals surface area contributed by atoms with Crippen molar-refractivity contribution in [2.45, 2.75) is 24.8 Å². The molecule has 0 aliphatic rings. The number of fused-ring (bicyclic) bond motifs is 1. The largest absolute Gasteiger partial charge is 0.394 e. The van der Waals surface area contributed by atoms with Crippen LogP contribution in [-0.2, 0) is 4.74 Å². The molecule has 10 heteroatoms. The summed E-state index contributed by atoms with van der Waals surface area (Å²) in [4.78, 5) is 29.4. The summed E-state index contributed by atoms with van der Waals surface area (Å²) in [7, 11) is 0. The van der Waals surface area contributed by atoms with E-state index in [4.69, 9.17) is 16.3 Å². The zero-order chi connectivity index (χ0) is 22.0. The Balaban J connectivity index is 2.31. The van der Waals surface area contributed by atoms with E-state index in [0.717, 1.165) is 0 Å². The molecule has 160 valence electrons. The number of halogens is 3. The molecule has 30 heavy (non-hydrogen) atoms. The van der Waals surface area contributed by atoms with Gasteiger partial charge < -0.3 is 14.8 Å². The Morgan fingerprint density at radius 2 is 1.93 bits per heavy atom. The maximum Gasteiger partial charge on any atom is 0.326 e. The lowest BCUT2D eigenvalue weighted by atomic mass is 9.98. The topological polar surface area (TPSA) is 95.2 Å². The number of thioether (sulfide) groups is 1. The molecule has 0 aliphatic carbocycles. The number of nitrogens with one attached hydrogen (secondary N) is 2. The fourth-order valence-electron chi connectivity index (χ4n) is 3.16. The number of aromatic nitrogens is 2. The van der Waals surface area contributed by atoms with E-state index in [1.165, 1.54) is 23.9 Å². The van der Waals surface area contributed by atoms with Crippen LogP contribution in [0.5, 0.6) is 0 Å². The first-order valence-corrected chi connectivity index (χ1v) is 10.4. The average Bonchev–Trinajstić information content (AvgIpc) is 2.68. The second-order valence-electron chi connectivity index (χ2n) is 6.55. The van der Waals surface area contributed by atoms with Crippen LogP contribution >= 0.6 is 23.4 Å². The minimum Gasteiger partial charge on any atom is -0.394 e. The van der Waals surface area contributed by atoms with E-state index in [0.29, 0.717) is 28.7 Å². The van der Waals surface area contributed by atoms with Gasteiger partial charge in [0.1, 0.15) is 11.6 Å². The van der Waals surface area contributed by atoms with Gasteiger partial charge in [0.25, 0.3) is 5.56 Å². The van der Waals surface area contributed by atoms with E-state index >= 15 is 0 Å². The molecule has 0 bridgehead atoms. The van der Waals surface area contributed by atoms with Gasteiger partial charge in [0.05, 0.1) is 28.6 Å². The van der Waals surface area contributed by atoms with Gasteiger partial charge in [-0.2, -0.15) is 0 Å².